The molecule has 1 aromatic heterocycles. The third-order valence-corrected chi connectivity index (χ3v) is 5.38. The lowest BCUT2D eigenvalue weighted by atomic mass is 10.00. The van der Waals surface area contributed by atoms with Crippen LogP contribution in [-0.4, -0.2) is 66.1 Å². The van der Waals surface area contributed by atoms with Crippen LogP contribution in [0.2, 0.25) is 0 Å². The van der Waals surface area contributed by atoms with Gasteiger partial charge < -0.3 is 14.7 Å². The fourth-order valence-corrected chi connectivity index (χ4v) is 3.87. The van der Waals surface area contributed by atoms with E-state index in [-0.39, 0.29) is 12.5 Å². The highest BCUT2D eigenvalue weighted by Crippen LogP contribution is 2.26. The molecule has 0 radical (unpaired) electrons. The minimum atomic E-state index is 0.0386. The largest absolute Gasteiger partial charge is 0.353 e. The molecule has 0 saturated carbocycles. The minimum absolute atomic E-state index is 0.0386. The van der Waals surface area contributed by atoms with Gasteiger partial charge in [-0.25, -0.2) is 14.8 Å². The van der Waals surface area contributed by atoms with Gasteiger partial charge in [-0.05, 0) is 18.9 Å². The Morgan fingerprint density at radius 3 is 2.53 bits per heavy atom. The van der Waals surface area contributed by atoms with Crippen LogP contribution in [0.25, 0.3) is 0 Å². The van der Waals surface area contributed by atoms with Crippen molar-refractivity contribution in [1.29, 1.82) is 5.26 Å². The Kier molecular flexibility index (Phi) is 6.88. The summed E-state index contributed by atoms with van der Waals surface area (Å²) in [6, 6.07) is 10.7. The molecule has 7 heteroatoms. The fourth-order valence-electron chi connectivity index (χ4n) is 3.87. The van der Waals surface area contributed by atoms with Gasteiger partial charge in [-0.2, -0.15) is 5.26 Å². The number of hydrogen-bond acceptors (Lipinski definition) is 5. The van der Waals surface area contributed by atoms with Gasteiger partial charge in [0.1, 0.15) is 11.6 Å². The highest BCUT2D eigenvalue weighted by molar-refractivity contribution is 5.74. The molecule has 7 nitrogen and oxygen atoms in total. The second kappa shape index (κ2) is 9.57. The van der Waals surface area contributed by atoms with E-state index < -0.39 is 0 Å². The van der Waals surface area contributed by atoms with Gasteiger partial charge in [0, 0.05) is 58.0 Å². The Labute approximate surface area is 178 Å². The number of benzene rings is 1. The van der Waals surface area contributed by atoms with Gasteiger partial charge in [-0.1, -0.05) is 36.8 Å². The van der Waals surface area contributed by atoms with E-state index in [2.05, 4.69) is 54.1 Å². The van der Waals surface area contributed by atoms with Crippen LogP contribution in [0, 0.1) is 18.3 Å². The maximum Gasteiger partial charge on any atom is 0.319 e. The molecule has 3 rings (SSSR count). The Morgan fingerprint density at radius 2 is 1.93 bits per heavy atom. The summed E-state index contributed by atoms with van der Waals surface area (Å²) in [4.78, 5) is 27.5. The smallest absolute Gasteiger partial charge is 0.319 e. The van der Waals surface area contributed by atoms with Crippen molar-refractivity contribution < 1.29 is 4.79 Å². The molecule has 1 aliphatic rings. The predicted molar refractivity (Wildman–Crippen MR) is 118 cm³/mol. The Hall–Kier alpha value is -3.14. The number of aromatic nitrogens is 2. The van der Waals surface area contributed by atoms with Crippen molar-refractivity contribution in [3.63, 3.8) is 0 Å². The van der Waals surface area contributed by atoms with Crippen molar-refractivity contribution in [3.05, 3.63) is 52.5 Å². The fraction of sp³-hybridized carbons (Fsp3) is 0.478. The SMILES string of the molecule is CCc1nc(CC#N)nc(N2CCN(C(=O)N(C)C)CC2)c1Cc1cccc(C)c1. The van der Waals surface area contributed by atoms with Gasteiger partial charge in [0.15, 0.2) is 0 Å². The molecule has 158 valence electrons. The van der Waals surface area contributed by atoms with E-state index in [1.54, 1.807) is 19.0 Å². The highest BCUT2D eigenvalue weighted by atomic mass is 16.2. The lowest BCUT2D eigenvalue weighted by molar-refractivity contribution is 0.168. The number of carbonyl (C=O) groups is 1. The van der Waals surface area contributed by atoms with Crippen LogP contribution in [0.5, 0.6) is 0 Å². The summed E-state index contributed by atoms with van der Waals surface area (Å²) in [7, 11) is 3.56. The van der Waals surface area contributed by atoms with Crippen molar-refractivity contribution in [2.24, 2.45) is 0 Å². The first kappa shape index (κ1) is 21.6. The normalized spacial score (nSPS) is 13.8. The molecule has 1 fully saturated rings. The summed E-state index contributed by atoms with van der Waals surface area (Å²) in [6.07, 6.45) is 1.74. The van der Waals surface area contributed by atoms with E-state index in [0.717, 1.165) is 29.9 Å². The number of nitriles is 1. The molecule has 2 heterocycles. The van der Waals surface area contributed by atoms with Gasteiger partial charge in [0.2, 0.25) is 0 Å². The van der Waals surface area contributed by atoms with Crippen molar-refractivity contribution in [2.45, 2.75) is 33.1 Å². The molecule has 0 atom stereocenters. The van der Waals surface area contributed by atoms with Crippen molar-refractivity contribution in [3.8, 4) is 6.07 Å². The van der Waals surface area contributed by atoms with Gasteiger partial charge in [-0.15, -0.1) is 0 Å². The van der Waals surface area contributed by atoms with E-state index in [1.165, 1.54) is 11.1 Å². The highest BCUT2D eigenvalue weighted by Gasteiger charge is 2.26. The average molecular weight is 407 g/mol. The Morgan fingerprint density at radius 1 is 1.20 bits per heavy atom. The monoisotopic (exact) mass is 406 g/mol. The zero-order valence-corrected chi connectivity index (χ0v) is 18.4. The van der Waals surface area contributed by atoms with Crippen LogP contribution in [0.15, 0.2) is 24.3 Å². The third kappa shape index (κ3) is 4.88. The van der Waals surface area contributed by atoms with E-state index in [9.17, 15) is 10.1 Å². The lowest BCUT2D eigenvalue weighted by Gasteiger charge is -2.37. The Balaban J connectivity index is 1.94. The summed E-state index contributed by atoms with van der Waals surface area (Å²) in [5.74, 6) is 1.48. The molecule has 30 heavy (non-hydrogen) atoms. The number of urea groups is 1. The van der Waals surface area contributed by atoms with Crippen LogP contribution in [0.3, 0.4) is 0 Å². The average Bonchev–Trinajstić information content (AvgIpc) is 2.74. The molecule has 0 bridgehead atoms. The lowest BCUT2D eigenvalue weighted by Crippen LogP contribution is -2.52. The summed E-state index contributed by atoms with van der Waals surface area (Å²) < 4.78 is 0. The number of hydrogen-bond donors (Lipinski definition) is 0. The van der Waals surface area contributed by atoms with Gasteiger partial charge >= 0.3 is 6.03 Å². The second-order valence-corrected chi connectivity index (χ2v) is 7.89. The number of rotatable bonds is 5. The molecule has 1 saturated heterocycles. The van der Waals surface area contributed by atoms with Gasteiger partial charge in [-0.3, -0.25) is 0 Å². The number of carbonyl (C=O) groups excluding carboxylic acids is 1. The zero-order valence-electron chi connectivity index (χ0n) is 18.4. The predicted octanol–water partition coefficient (Wildman–Crippen LogP) is 2.81. The molecule has 0 spiro atoms. The van der Waals surface area contributed by atoms with E-state index >= 15 is 0 Å². The van der Waals surface area contributed by atoms with Crippen molar-refractivity contribution >= 4 is 11.8 Å². The first-order valence-corrected chi connectivity index (χ1v) is 10.4. The van der Waals surface area contributed by atoms with Gasteiger partial charge in [0.25, 0.3) is 0 Å². The minimum Gasteiger partial charge on any atom is -0.353 e. The molecule has 2 aromatic rings. The van der Waals surface area contributed by atoms with Crippen molar-refractivity contribution in [2.75, 3.05) is 45.2 Å². The van der Waals surface area contributed by atoms with E-state index in [0.29, 0.717) is 32.0 Å². The quantitative estimate of drug-likeness (QED) is 0.763. The number of amides is 2. The van der Waals surface area contributed by atoms with Crippen LogP contribution in [-0.2, 0) is 19.3 Å². The van der Waals surface area contributed by atoms with E-state index in [4.69, 9.17) is 4.98 Å². The second-order valence-electron chi connectivity index (χ2n) is 7.89. The molecule has 1 aliphatic heterocycles. The molecular formula is C23H30N6O. The number of piperazine rings is 1. The molecule has 0 N–H and O–H groups in total. The Bertz CT molecular complexity index is 941. The molecule has 0 aliphatic carbocycles. The summed E-state index contributed by atoms with van der Waals surface area (Å²) in [5.41, 5.74) is 4.57. The molecular weight excluding hydrogens is 376 g/mol. The molecule has 2 amide bonds. The van der Waals surface area contributed by atoms with Crippen LogP contribution in [0.1, 0.15) is 35.1 Å². The summed E-state index contributed by atoms with van der Waals surface area (Å²) >= 11 is 0. The third-order valence-electron chi connectivity index (χ3n) is 5.38. The van der Waals surface area contributed by atoms with Gasteiger partial charge in [0.05, 0.1) is 12.5 Å². The number of aryl methyl sites for hydroxylation is 2. The maximum atomic E-state index is 12.3. The molecule has 1 aromatic carbocycles. The van der Waals surface area contributed by atoms with Crippen molar-refractivity contribution in [1.82, 2.24) is 19.8 Å². The number of nitrogens with zero attached hydrogens (tertiary/aromatic N) is 6. The first-order chi connectivity index (χ1) is 14.4. The standard InChI is InChI=1S/C23H30N6O/c1-5-20-19(16-18-8-6-7-17(2)15-18)22(26-21(25-20)9-10-24)28-11-13-29(14-12-28)23(30)27(3)4/h6-8,15H,5,9,11-14,16H2,1-4H3. The van der Waals surface area contributed by atoms with Crippen LogP contribution < -0.4 is 4.90 Å². The zero-order chi connectivity index (χ0) is 21.7. The first-order valence-electron chi connectivity index (χ1n) is 10.4. The molecule has 0 unspecified atom stereocenters. The summed E-state index contributed by atoms with van der Waals surface area (Å²) in [5, 5.41) is 9.17. The summed E-state index contributed by atoms with van der Waals surface area (Å²) in [6.45, 7) is 6.92. The topological polar surface area (TPSA) is 76.4 Å². The number of anilines is 1. The maximum absolute atomic E-state index is 12.3. The van der Waals surface area contributed by atoms with Crippen LogP contribution in [0.4, 0.5) is 10.6 Å². The van der Waals surface area contributed by atoms with Crippen LogP contribution >= 0.6 is 0 Å². The van der Waals surface area contributed by atoms with E-state index in [1.807, 2.05) is 4.90 Å².